The molecule has 0 fully saturated rings. The molecule has 0 aliphatic carbocycles. The van der Waals surface area contributed by atoms with Gasteiger partial charge in [-0.1, -0.05) is 70.1 Å². The molecule has 28 heavy (non-hydrogen) atoms. The zero-order chi connectivity index (χ0) is 20.3. The summed E-state index contributed by atoms with van der Waals surface area (Å²) in [7, 11) is 0. The zero-order valence-electron chi connectivity index (χ0n) is 17.5. The molecule has 0 N–H and O–H groups in total. The van der Waals surface area contributed by atoms with Crippen molar-refractivity contribution in [3.63, 3.8) is 0 Å². The minimum atomic E-state index is 0.433. The molecule has 1 unspecified atom stereocenters. The first-order valence-electron chi connectivity index (χ1n) is 10.3. The molecular formula is C25H31ClN2. The van der Waals surface area contributed by atoms with Crippen molar-refractivity contribution in [2.45, 2.75) is 40.5 Å². The van der Waals surface area contributed by atoms with Crippen molar-refractivity contribution in [2.75, 3.05) is 18.0 Å². The van der Waals surface area contributed by atoms with Gasteiger partial charge in [-0.15, -0.1) is 0 Å². The molecule has 0 radical (unpaired) electrons. The molecule has 2 aromatic carbocycles. The smallest absolute Gasteiger partial charge is 0.0628 e. The Balaban J connectivity index is 2.02. The molecule has 1 atom stereocenters. The van der Waals surface area contributed by atoms with E-state index in [0.717, 1.165) is 42.0 Å². The Bertz CT molecular complexity index is 918. The monoisotopic (exact) mass is 394 g/mol. The zero-order valence-corrected chi connectivity index (χ0v) is 18.3. The second kappa shape index (κ2) is 8.96. The van der Waals surface area contributed by atoms with Gasteiger partial charge in [-0.3, -0.25) is 4.99 Å². The van der Waals surface area contributed by atoms with Gasteiger partial charge >= 0.3 is 0 Å². The van der Waals surface area contributed by atoms with E-state index in [-0.39, 0.29) is 0 Å². The average molecular weight is 395 g/mol. The first kappa shape index (κ1) is 20.7. The van der Waals surface area contributed by atoms with Gasteiger partial charge < -0.3 is 4.90 Å². The summed E-state index contributed by atoms with van der Waals surface area (Å²) in [5.41, 5.74) is 4.88. The highest BCUT2D eigenvalue weighted by molar-refractivity contribution is 6.36. The number of allylic oxidation sites excluding steroid dienone is 1. The van der Waals surface area contributed by atoms with Crippen LogP contribution in [0.2, 0.25) is 5.02 Å². The molecular weight excluding hydrogens is 364 g/mol. The molecule has 0 spiro atoms. The number of aliphatic imine (C=N–C) groups is 1. The van der Waals surface area contributed by atoms with Crippen molar-refractivity contribution in [3.05, 3.63) is 64.8 Å². The molecule has 0 saturated carbocycles. The van der Waals surface area contributed by atoms with Crippen LogP contribution in [0.5, 0.6) is 0 Å². The van der Waals surface area contributed by atoms with E-state index in [1.54, 1.807) is 0 Å². The molecule has 3 heteroatoms. The van der Waals surface area contributed by atoms with Crippen LogP contribution in [0.4, 0.5) is 5.69 Å². The number of nitrogens with zero attached hydrogens (tertiary/aromatic N) is 2. The van der Waals surface area contributed by atoms with Crippen LogP contribution in [0.25, 0.3) is 10.8 Å². The molecule has 1 aliphatic rings. The van der Waals surface area contributed by atoms with Crippen molar-refractivity contribution in [1.29, 1.82) is 0 Å². The van der Waals surface area contributed by atoms with Gasteiger partial charge in [0.2, 0.25) is 0 Å². The van der Waals surface area contributed by atoms with Crippen LogP contribution in [0, 0.1) is 11.8 Å². The number of hydrogen-bond acceptors (Lipinski definition) is 2. The van der Waals surface area contributed by atoms with Gasteiger partial charge in [-0.05, 0) is 53.3 Å². The van der Waals surface area contributed by atoms with Crippen LogP contribution in [0.3, 0.4) is 0 Å². The van der Waals surface area contributed by atoms with E-state index in [1.165, 1.54) is 22.2 Å². The molecule has 1 aliphatic heterocycles. The van der Waals surface area contributed by atoms with Gasteiger partial charge in [0.05, 0.1) is 17.3 Å². The molecule has 0 aromatic heterocycles. The van der Waals surface area contributed by atoms with Crippen molar-refractivity contribution in [1.82, 2.24) is 0 Å². The van der Waals surface area contributed by atoms with E-state index in [2.05, 4.69) is 69.7 Å². The third-order valence-corrected chi connectivity index (χ3v) is 6.02. The fraction of sp³-hybridized carbons (Fsp3) is 0.400. The summed E-state index contributed by atoms with van der Waals surface area (Å²) in [6.45, 7) is 14.9. The summed E-state index contributed by atoms with van der Waals surface area (Å²) in [5.74, 6) is 0.908. The van der Waals surface area contributed by atoms with Crippen molar-refractivity contribution in [3.8, 4) is 0 Å². The highest BCUT2D eigenvalue weighted by Crippen LogP contribution is 2.36. The standard InChI is InChI=1S/C25H31ClN2/c1-6-18(4)15-27-23-16-28(14-13-21(23)19(5)17(2)3)24-12-8-10-20-9-7-11-22(26)25(20)24/h7-12,15,17-18H,5-6,13-14,16H2,1-4H3. The molecule has 3 rings (SSSR count). The normalized spacial score (nSPS) is 16.4. The van der Waals surface area contributed by atoms with Crippen LogP contribution in [0.15, 0.2) is 64.8 Å². The Labute approximate surface area is 174 Å². The van der Waals surface area contributed by atoms with Crippen LogP contribution in [0.1, 0.15) is 40.5 Å². The largest absolute Gasteiger partial charge is 0.365 e. The van der Waals surface area contributed by atoms with Crippen LogP contribution in [-0.2, 0) is 0 Å². The van der Waals surface area contributed by atoms with Gasteiger partial charge in [0.25, 0.3) is 0 Å². The lowest BCUT2D eigenvalue weighted by molar-refractivity contribution is 0.705. The lowest BCUT2D eigenvalue weighted by Crippen LogP contribution is -2.32. The van der Waals surface area contributed by atoms with E-state index in [1.807, 2.05) is 12.1 Å². The number of anilines is 1. The Hall–Kier alpha value is -2.06. The number of benzene rings is 2. The summed E-state index contributed by atoms with van der Waals surface area (Å²) in [6, 6.07) is 12.5. The Morgan fingerprint density at radius 3 is 2.61 bits per heavy atom. The van der Waals surface area contributed by atoms with Crippen molar-refractivity contribution in [2.24, 2.45) is 16.8 Å². The minimum absolute atomic E-state index is 0.433. The quantitative estimate of drug-likeness (QED) is 0.469. The topological polar surface area (TPSA) is 15.6 Å². The van der Waals surface area contributed by atoms with E-state index < -0.39 is 0 Å². The molecule has 0 saturated heterocycles. The summed E-state index contributed by atoms with van der Waals surface area (Å²) in [6.07, 6.45) is 4.16. The highest BCUT2D eigenvalue weighted by Gasteiger charge is 2.23. The summed E-state index contributed by atoms with van der Waals surface area (Å²) in [4.78, 5) is 7.35. The maximum Gasteiger partial charge on any atom is 0.0628 e. The second-order valence-electron chi connectivity index (χ2n) is 8.06. The fourth-order valence-corrected chi connectivity index (χ4v) is 3.91. The maximum absolute atomic E-state index is 6.58. The van der Waals surface area contributed by atoms with E-state index in [0.29, 0.717) is 11.8 Å². The van der Waals surface area contributed by atoms with E-state index >= 15 is 0 Å². The highest BCUT2D eigenvalue weighted by atomic mass is 35.5. The fourth-order valence-electron chi connectivity index (χ4n) is 3.63. The first-order valence-corrected chi connectivity index (χ1v) is 10.7. The third kappa shape index (κ3) is 4.33. The summed E-state index contributed by atoms with van der Waals surface area (Å²) < 4.78 is 0. The molecule has 0 amide bonds. The number of halogens is 1. The van der Waals surface area contributed by atoms with Gasteiger partial charge in [0.1, 0.15) is 0 Å². The first-order chi connectivity index (χ1) is 13.4. The summed E-state index contributed by atoms with van der Waals surface area (Å²) in [5, 5.41) is 3.11. The van der Waals surface area contributed by atoms with E-state index in [9.17, 15) is 0 Å². The third-order valence-electron chi connectivity index (χ3n) is 5.71. The predicted molar refractivity (Wildman–Crippen MR) is 125 cm³/mol. The van der Waals surface area contributed by atoms with Crippen LogP contribution in [-0.4, -0.2) is 19.3 Å². The maximum atomic E-state index is 6.58. The van der Waals surface area contributed by atoms with Crippen LogP contribution < -0.4 is 4.90 Å². The second-order valence-corrected chi connectivity index (χ2v) is 8.46. The van der Waals surface area contributed by atoms with Crippen molar-refractivity contribution >= 4 is 34.3 Å². The lowest BCUT2D eigenvalue weighted by atomic mass is 9.90. The minimum Gasteiger partial charge on any atom is -0.365 e. The SMILES string of the molecule is C=C(C1=C(N=CC(C)CC)CN(c2cccc3cccc(Cl)c23)CC1)C(C)C. The van der Waals surface area contributed by atoms with E-state index in [4.69, 9.17) is 16.6 Å². The predicted octanol–water partition coefficient (Wildman–Crippen LogP) is 7.29. The molecule has 1 heterocycles. The van der Waals surface area contributed by atoms with Gasteiger partial charge in [0.15, 0.2) is 0 Å². The van der Waals surface area contributed by atoms with Crippen molar-refractivity contribution < 1.29 is 0 Å². The Kier molecular flexibility index (Phi) is 6.61. The van der Waals surface area contributed by atoms with Gasteiger partial charge in [-0.25, -0.2) is 0 Å². The number of hydrogen-bond donors (Lipinski definition) is 0. The number of fused-ring (bicyclic) bond motifs is 1. The molecule has 2 aromatic rings. The average Bonchev–Trinajstić information content (AvgIpc) is 2.71. The molecule has 148 valence electrons. The van der Waals surface area contributed by atoms with Crippen LogP contribution >= 0.6 is 11.6 Å². The van der Waals surface area contributed by atoms with Gasteiger partial charge in [0, 0.05) is 23.8 Å². The Morgan fingerprint density at radius 1 is 1.21 bits per heavy atom. The van der Waals surface area contributed by atoms with Gasteiger partial charge in [-0.2, -0.15) is 0 Å². The molecule has 0 bridgehead atoms. The summed E-state index contributed by atoms with van der Waals surface area (Å²) >= 11 is 6.58. The molecule has 2 nitrogen and oxygen atoms in total. The lowest BCUT2D eigenvalue weighted by Gasteiger charge is -2.33. The Morgan fingerprint density at radius 2 is 1.93 bits per heavy atom. The number of rotatable bonds is 6.